The number of hydrogen-bond acceptors (Lipinski definition) is 5. The van der Waals surface area contributed by atoms with Crippen molar-refractivity contribution >= 4 is 0 Å². The molecule has 2 heterocycles. The molecular weight excluding hydrogens is 280 g/mol. The predicted molar refractivity (Wildman–Crippen MR) is 81.5 cm³/mol. The Morgan fingerprint density at radius 1 is 1.23 bits per heavy atom. The fourth-order valence-corrected chi connectivity index (χ4v) is 3.08. The molecule has 0 saturated carbocycles. The lowest BCUT2D eigenvalue weighted by molar-refractivity contribution is -0.100. The molecule has 0 spiro atoms. The molecule has 0 unspecified atom stereocenters. The van der Waals surface area contributed by atoms with Crippen molar-refractivity contribution in [3.63, 3.8) is 0 Å². The molecule has 0 aromatic heterocycles. The molecule has 2 aliphatic rings. The van der Waals surface area contributed by atoms with Crippen molar-refractivity contribution in [2.24, 2.45) is 5.92 Å². The fraction of sp³-hybridized carbons (Fsp3) is 0.588. The normalized spacial score (nSPS) is 23.3. The Balaban J connectivity index is 1.41. The van der Waals surface area contributed by atoms with Gasteiger partial charge < -0.3 is 14.2 Å². The van der Waals surface area contributed by atoms with Gasteiger partial charge in [0.05, 0.1) is 24.8 Å². The third-order valence-electron chi connectivity index (χ3n) is 4.23. The minimum Gasteiger partial charge on any atom is -0.492 e. The predicted octanol–water partition coefficient (Wildman–Crippen LogP) is 2.02. The number of benzene rings is 1. The maximum atomic E-state index is 8.77. The number of nitrogens with zero attached hydrogens (tertiary/aromatic N) is 2. The SMILES string of the molecule is N#Cc1ccc(OCCN2CCC[C@H](C3OCCO3)C2)cc1. The van der Waals surface area contributed by atoms with E-state index in [0.717, 1.165) is 38.6 Å². The van der Waals surface area contributed by atoms with E-state index in [4.69, 9.17) is 19.5 Å². The number of nitriles is 1. The topological polar surface area (TPSA) is 54.7 Å². The van der Waals surface area contributed by atoms with Crippen molar-refractivity contribution in [2.45, 2.75) is 19.1 Å². The molecule has 0 N–H and O–H groups in total. The van der Waals surface area contributed by atoms with Gasteiger partial charge in [-0.1, -0.05) is 0 Å². The maximum absolute atomic E-state index is 8.77. The molecule has 3 rings (SSSR count). The average Bonchev–Trinajstić information content (AvgIpc) is 3.10. The molecule has 22 heavy (non-hydrogen) atoms. The lowest BCUT2D eigenvalue weighted by Crippen LogP contribution is -2.42. The second kappa shape index (κ2) is 7.59. The van der Waals surface area contributed by atoms with Gasteiger partial charge in [-0.25, -0.2) is 0 Å². The zero-order valence-electron chi connectivity index (χ0n) is 12.7. The van der Waals surface area contributed by atoms with Crippen LogP contribution in [0.4, 0.5) is 0 Å². The van der Waals surface area contributed by atoms with Gasteiger partial charge in [-0.3, -0.25) is 4.90 Å². The second-order valence-electron chi connectivity index (χ2n) is 5.80. The molecule has 2 saturated heterocycles. The zero-order valence-corrected chi connectivity index (χ0v) is 12.7. The molecule has 2 fully saturated rings. The van der Waals surface area contributed by atoms with Crippen LogP contribution in [-0.4, -0.2) is 50.6 Å². The van der Waals surface area contributed by atoms with Crippen molar-refractivity contribution in [1.82, 2.24) is 4.90 Å². The summed E-state index contributed by atoms with van der Waals surface area (Å²) < 4.78 is 17.0. The van der Waals surface area contributed by atoms with Crippen LogP contribution < -0.4 is 4.74 Å². The quantitative estimate of drug-likeness (QED) is 0.833. The van der Waals surface area contributed by atoms with Crippen molar-refractivity contribution in [1.29, 1.82) is 5.26 Å². The Hall–Kier alpha value is -1.61. The standard InChI is InChI=1S/C17H22N2O3/c18-12-14-3-5-16(6-4-14)20-9-8-19-7-1-2-15(13-19)17-21-10-11-22-17/h3-6,15,17H,1-2,7-11,13H2/t15-/m0/s1. The van der Waals surface area contributed by atoms with E-state index < -0.39 is 0 Å². The van der Waals surface area contributed by atoms with Gasteiger partial charge in [0, 0.05) is 19.0 Å². The summed E-state index contributed by atoms with van der Waals surface area (Å²) in [4.78, 5) is 2.42. The number of ether oxygens (including phenoxy) is 3. The van der Waals surface area contributed by atoms with Crippen molar-refractivity contribution in [3.05, 3.63) is 29.8 Å². The maximum Gasteiger partial charge on any atom is 0.161 e. The van der Waals surface area contributed by atoms with Gasteiger partial charge in [0.2, 0.25) is 0 Å². The van der Waals surface area contributed by atoms with E-state index in [0.29, 0.717) is 18.1 Å². The third kappa shape index (κ3) is 3.98. The summed E-state index contributed by atoms with van der Waals surface area (Å²) in [5.74, 6) is 1.29. The van der Waals surface area contributed by atoms with E-state index in [9.17, 15) is 0 Å². The minimum absolute atomic E-state index is 0.0118. The molecule has 0 bridgehead atoms. The molecule has 0 radical (unpaired) electrons. The van der Waals surface area contributed by atoms with Gasteiger partial charge >= 0.3 is 0 Å². The summed E-state index contributed by atoms with van der Waals surface area (Å²) in [6.07, 6.45) is 2.35. The van der Waals surface area contributed by atoms with Crippen LogP contribution in [0, 0.1) is 17.2 Å². The molecule has 0 amide bonds. The van der Waals surface area contributed by atoms with E-state index in [1.54, 1.807) is 12.1 Å². The second-order valence-corrected chi connectivity index (χ2v) is 5.80. The van der Waals surface area contributed by atoms with E-state index in [2.05, 4.69) is 11.0 Å². The Bertz CT molecular complexity index is 506. The van der Waals surface area contributed by atoms with Gasteiger partial charge in [0.1, 0.15) is 12.4 Å². The molecular formula is C17H22N2O3. The summed E-state index contributed by atoms with van der Waals surface area (Å²) >= 11 is 0. The van der Waals surface area contributed by atoms with Crippen LogP contribution in [0.1, 0.15) is 18.4 Å². The van der Waals surface area contributed by atoms with Gasteiger partial charge in [-0.15, -0.1) is 0 Å². The molecule has 5 heteroatoms. The highest BCUT2D eigenvalue weighted by molar-refractivity contribution is 5.34. The van der Waals surface area contributed by atoms with Crippen LogP contribution in [0.25, 0.3) is 0 Å². The Morgan fingerprint density at radius 3 is 2.73 bits per heavy atom. The smallest absolute Gasteiger partial charge is 0.161 e. The third-order valence-corrected chi connectivity index (χ3v) is 4.23. The molecule has 1 aromatic carbocycles. The highest BCUT2D eigenvalue weighted by atomic mass is 16.7. The summed E-state index contributed by atoms with van der Waals surface area (Å²) in [5.41, 5.74) is 0.655. The van der Waals surface area contributed by atoms with Crippen LogP contribution in [0.5, 0.6) is 5.75 Å². The van der Waals surface area contributed by atoms with Gasteiger partial charge in [0.25, 0.3) is 0 Å². The van der Waals surface area contributed by atoms with E-state index in [-0.39, 0.29) is 6.29 Å². The van der Waals surface area contributed by atoms with Crippen molar-refractivity contribution < 1.29 is 14.2 Å². The Morgan fingerprint density at radius 2 is 2.00 bits per heavy atom. The van der Waals surface area contributed by atoms with Crippen LogP contribution in [-0.2, 0) is 9.47 Å². The highest BCUT2D eigenvalue weighted by Gasteiger charge is 2.30. The summed E-state index contributed by atoms with van der Waals surface area (Å²) in [7, 11) is 0. The van der Waals surface area contributed by atoms with Crippen molar-refractivity contribution in [3.8, 4) is 11.8 Å². The Labute approximate surface area is 131 Å². The fourth-order valence-electron chi connectivity index (χ4n) is 3.08. The van der Waals surface area contributed by atoms with E-state index in [1.807, 2.05) is 12.1 Å². The summed E-state index contributed by atoms with van der Waals surface area (Å²) in [6, 6.07) is 9.35. The average molecular weight is 302 g/mol. The number of piperidine rings is 1. The monoisotopic (exact) mass is 302 g/mol. The van der Waals surface area contributed by atoms with Crippen LogP contribution in [0.3, 0.4) is 0 Å². The van der Waals surface area contributed by atoms with Gasteiger partial charge in [-0.2, -0.15) is 5.26 Å². The first-order valence-corrected chi connectivity index (χ1v) is 7.94. The van der Waals surface area contributed by atoms with Crippen LogP contribution in [0.2, 0.25) is 0 Å². The largest absolute Gasteiger partial charge is 0.492 e. The summed E-state index contributed by atoms with van der Waals surface area (Å²) in [5, 5.41) is 8.77. The minimum atomic E-state index is -0.0118. The van der Waals surface area contributed by atoms with Crippen molar-refractivity contribution in [2.75, 3.05) is 39.5 Å². The first-order valence-electron chi connectivity index (χ1n) is 7.94. The van der Waals surface area contributed by atoms with Crippen LogP contribution in [0.15, 0.2) is 24.3 Å². The number of rotatable bonds is 5. The molecule has 0 aliphatic carbocycles. The van der Waals surface area contributed by atoms with Crippen LogP contribution >= 0.6 is 0 Å². The first-order chi connectivity index (χ1) is 10.8. The van der Waals surface area contributed by atoms with Gasteiger partial charge in [0.15, 0.2) is 6.29 Å². The molecule has 1 aromatic rings. The molecule has 2 aliphatic heterocycles. The lowest BCUT2D eigenvalue weighted by Gasteiger charge is -2.34. The summed E-state index contributed by atoms with van der Waals surface area (Å²) in [6.45, 7) is 5.14. The number of hydrogen-bond donors (Lipinski definition) is 0. The van der Waals surface area contributed by atoms with E-state index in [1.165, 1.54) is 12.8 Å². The Kier molecular flexibility index (Phi) is 5.28. The van der Waals surface area contributed by atoms with E-state index >= 15 is 0 Å². The molecule has 1 atom stereocenters. The highest BCUT2D eigenvalue weighted by Crippen LogP contribution is 2.24. The lowest BCUT2D eigenvalue weighted by atomic mass is 9.97. The van der Waals surface area contributed by atoms with Gasteiger partial charge in [-0.05, 0) is 43.7 Å². The number of likely N-dealkylation sites (tertiary alicyclic amines) is 1. The molecule has 5 nitrogen and oxygen atoms in total. The zero-order chi connectivity index (χ0) is 15.2. The first kappa shape index (κ1) is 15.3. The molecule has 118 valence electrons.